The molecule has 10 heteroatoms. The van der Waals surface area contributed by atoms with Crippen LogP contribution in [-0.2, 0) is 10.9 Å². The molecule has 0 amide bonds. The molecule has 0 radical (unpaired) electrons. The predicted octanol–water partition coefficient (Wildman–Crippen LogP) is 3.61. The molecular formula is C21H22F3N5O2. The first-order valence-electron chi connectivity index (χ1n) is 10.1. The van der Waals surface area contributed by atoms with Crippen LogP contribution in [0.5, 0.6) is 5.75 Å². The smallest absolute Gasteiger partial charge is 0.431 e. The summed E-state index contributed by atoms with van der Waals surface area (Å²) in [6.45, 7) is 4.60. The number of nitrogens with zero attached hydrogens (tertiary/aromatic N) is 3. The van der Waals surface area contributed by atoms with Crippen molar-refractivity contribution in [1.82, 2.24) is 19.9 Å². The van der Waals surface area contributed by atoms with Gasteiger partial charge in [-0.1, -0.05) is 18.2 Å². The van der Waals surface area contributed by atoms with Crippen molar-refractivity contribution in [3.8, 4) is 5.75 Å². The molecular weight excluding hydrogens is 411 g/mol. The Kier molecular flexibility index (Phi) is 4.98. The topological polar surface area (TPSA) is 75.3 Å². The second-order valence-electron chi connectivity index (χ2n) is 7.88. The number of benzene rings is 1. The number of hydrogen-bond donors (Lipinski definition) is 2. The SMILES string of the molecule is CC1CN(C2COc3ccccc3C2Nc2ncnc3[nH]c(C(F)(F)F)cc23)CCO1. The van der Waals surface area contributed by atoms with E-state index < -0.39 is 11.9 Å². The van der Waals surface area contributed by atoms with Crippen molar-refractivity contribution >= 4 is 16.9 Å². The maximum Gasteiger partial charge on any atom is 0.431 e. The molecule has 0 bridgehead atoms. The van der Waals surface area contributed by atoms with Gasteiger partial charge in [0.1, 0.15) is 35.8 Å². The van der Waals surface area contributed by atoms with Crippen molar-refractivity contribution < 1.29 is 22.6 Å². The first-order valence-corrected chi connectivity index (χ1v) is 10.1. The number of rotatable bonds is 3. The molecule has 164 valence electrons. The van der Waals surface area contributed by atoms with Crippen LogP contribution in [0.4, 0.5) is 19.0 Å². The van der Waals surface area contributed by atoms with Gasteiger partial charge in [-0.15, -0.1) is 0 Å². The Hall–Kier alpha value is -2.85. The van der Waals surface area contributed by atoms with E-state index in [0.29, 0.717) is 24.4 Å². The van der Waals surface area contributed by atoms with Crippen LogP contribution >= 0.6 is 0 Å². The summed E-state index contributed by atoms with van der Waals surface area (Å²) >= 11 is 0. The minimum absolute atomic E-state index is 0.0349. The van der Waals surface area contributed by atoms with Crippen molar-refractivity contribution in [2.75, 3.05) is 31.6 Å². The Morgan fingerprint density at radius 1 is 1.23 bits per heavy atom. The fraction of sp³-hybridized carbons (Fsp3) is 0.429. The summed E-state index contributed by atoms with van der Waals surface area (Å²) in [4.78, 5) is 12.9. The van der Waals surface area contributed by atoms with Crippen LogP contribution < -0.4 is 10.1 Å². The van der Waals surface area contributed by atoms with Gasteiger partial charge in [0.15, 0.2) is 0 Å². The molecule has 1 aromatic carbocycles. The number of aromatic amines is 1. The first kappa shape index (κ1) is 20.1. The highest BCUT2D eigenvalue weighted by Crippen LogP contribution is 2.38. The Balaban J connectivity index is 1.54. The maximum absolute atomic E-state index is 13.2. The van der Waals surface area contributed by atoms with E-state index in [1.165, 1.54) is 6.33 Å². The van der Waals surface area contributed by atoms with Gasteiger partial charge in [0, 0.05) is 18.7 Å². The van der Waals surface area contributed by atoms with Gasteiger partial charge in [-0.2, -0.15) is 13.2 Å². The number of hydrogen-bond acceptors (Lipinski definition) is 6. The number of aromatic nitrogens is 3. The van der Waals surface area contributed by atoms with Crippen LogP contribution in [0.15, 0.2) is 36.7 Å². The fourth-order valence-electron chi connectivity index (χ4n) is 4.34. The summed E-state index contributed by atoms with van der Waals surface area (Å²) in [5.74, 6) is 1.11. The Morgan fingerprint density at radius 3 is 2.87 bits per heavy atom. The lowest BCUT2D eigenvalue weighted by atomic mass is 9.94. The molecule has 7 nitrogen and oxygen atoms in total. The van der Waals surface area contributed by atoms with E-state index >= 15 is 0 Å². The van der Waals surface area contributed by atoms with Crippen molar-refractivity contribution in [2.45, 2.75) is 31.3 Å². The highest BCUT2D eigenvalue weighted by molar-refractivity contribution is 5.88. The van der Waals surface area contributed by atoms with E-state index in [4.69, 9.17) is 9.47 Å². The Labute approximate surface area is 176 Å². The molecule has 2 N–H and O–H groups in total. The number of alkyl halides is 3. The van der Waals surface area contributed by atoms with Gasteiger partial charge in [0.05, 0.1) is 30.2 Å². The standard InChI is InChI=1S/C21H22F3N5O2/c1-12-9-29(6-7-30-12)15-10-31-16-5-3-2-4-13(16)18(15)28-20-14-8-17(21(22,23)24)27-19(14)25-11-26-20/h2-5,8,11-12,15,18H,6-7,9-10H2,1H3,(H2,25,26,27,28). The third kappa shape index (κ3) is 3.81. The third-order valence-corrected chi connectivity index (χ3v) is 5.81. The van der Waals surface area contributed by atoms with E-state index in [1.54, 1.807) is 0 Å². The number of ether oxygens (including phenoxy) is 2. The van der Waals surface area contributed by atoms with Gasteiger partial charge < -0.3 is 19.8 Å². The molecule has 0 spiro atoms. The second-order valence-corrected chi connectivity index (χ2v) is 7.88. The van der Waals surface area contributed by atoms with Crippen LogP contribution in [0.3, 0.4) is 0 Å². The summed E-state index contributed by atoms with van der Waals surface area (Å²) < 4.78 is 51.4. The molecule has 2 aliphatic heterocycles. The lowest BCUT2D eigenvalue weighted by Crippen LogP contribution is -2.54. The van der Waals surface area contributed by atoms with Crippen LogP contribution in [0, 0.1) is 0 Å². The number of morpholine rings is 1. The highest BCUT2D eigenvalue weighted by Gasteiger charge is 2.38. The zero-order chi connectivity index (χ0) is 21.6. The zero-order valence-electron chi connectivity index (χ0n) is 16.8. The number of anilines is 1. The van der Waals surface area contributed by atoms with Gasteiger partial charge in [0.2, 0.25) is 0 Å². The monoisotopic (exact) mass is 433 g/mol. The van der Waals surface area contributed by atoms with Crippen molar-refractivity contribution in [1.29, 1.82) is 0 Å². The molecule has 4 heterocycles. The third-order valence-electron chi connectivity index (χ3n) is 5.81. The minimum Gasteiger partial charge on any atom is -0.491 e. The van der Waals surface area contributed by atoms with E-state index in [2.05, 4.69) is 25.2 Å². The first-order chi connectivity index (χ1) is 14.9. The molecule has 1 fully saturated rings. The van der Waals surface area contributed by atoms with Crippen molar-refractivity contribution in [2.24, 2.45) is 0 Å². The van der Waals surface area contributed by atoms with Gasteiger partial charge in [-0.05, 0) is 19.1 Å². The average molecular weight is 433 g/mol. The Bertz CT molecular complexity index is 1090. The quantitative estimate of drug-likeness (QED) is 0.657. The minimum atomic E-state index is -4.49. The lowest BCUT2D eigenvalue weighted by Gasteiger charge is -2.43. The average Bonchev–Trinajstić information content (AvgIpc) is 3.20. The molecule has 3 atom stereocenters. The van der Waals surface area contributed by atoms with E-state index in [-0.39, 0.29) is 23.8 Å². The number of para-hydroxylation sites is 1. The second kappa shape index (κ2) is 7.69. The van der Waals surface area contributed by atoms with Crippen LogP contribution in [0.25, 0.3) is 11.0 Å². The number of fused-ring (bicyclic) bond motifs is 2. The summed E-state index contributed by atoms with van der Waals surface area (Å²) in [5, 5.41) is 3.71. The normalized spacial score (nSPS) is 24.6. The zero-order valence-corrected chi connectivity index (χ0v) is 16.8. The van der Waals surface area contributed by atoms with E-state index in [1.807, 2.05) is 31.2 Å². The van der Waals surface area contributed by atoms with Gasteiger partial charge in [-0.3, -0.25) is 4.90 Å². The summed E-state index contributed by atoms with van der Waals surface area (Å²) in [6, 6.07) is 8.49. The summed E-state index contributed by atoms with van der Waals surface area (Å²) in [7, 11) is 0. The molecule has 31 heavy (non-hydrogen) atoms. The van der Waals surface area contributed by atoms with Gasteiger partial charge in [-0.25, -0.2) is 9.97 Å². The number of nitrogens with one attached hydrogen (secondary N) is 2. The van der Waals surface area contributed by atoms with Crippen molar-refractivity contribution in [3.05, 3.63) is 47.9 Å². The molecule has 2 aromatic heterocycles. The molecule has 1 saturated heterocycles. The van der Waals surface area contributed by atoms with Crippen LogP contribution in [0.1, 0.15) is 24.2 Å². The molecule has 5 rings (SSSR count). The van der Waals surface area contributed by atoms with E-state index in [9.17, 15) is 13.2 Å². The highest BCUT2D eigenvalue weighted by atomic mass is 19.4. The van der Waals surface area contributed by atoms with Gasteiger partial charge in [0.25, 0.3) is 0 Å². The summed E-state index contributed by atoms with van der Waals surface area (Å²) in [6.07, 6.45) is -3.13. The predicted molar refractivity (Wildman–Crippen MR) is 108 cm³/mol. The lowest BCUT2D eigenvalue weighted by molar-refractivity contribution is -0.140. The molecule has 0 saturated carbocycles. The number of H-pyrrole nitrogens is 1. The van der Waals surface area contributed by atoms with Crippen LogP contribution in [-0.4, -0.2) is 58.3 Å². The molecule has 2 aliphatic rings. The molecule has 0 aliphatic carbocycles. The van der Waals surface area contributed by atoms with Crippen LogP contribution in [0.2, 0.25) is 0 Å². The number of halogens is 3. The van der Waals surface area contributed by atoms with Crippen molar-refractivity contribution in [3.63, 3.8) is 0 Å². The molecule has 3 unspecified atom stereocenters. The Morgan fingerprint density at radius 2 is 2.06 bits per heavy atom. The molecule has 3 aromatic rings. The maximum atomic E-state index is 13.2. The fourth-order valence-corrected chi connectivity index (χ4v) is 4.34. The van der Waals surface area contributed by atoms with E-state index in [0.717, 1.165) is 30.5 Å². The summed E-state index contributed by atoms with van der Waals surface area (Å²) in [5.41, 5.74) is 0.231. The largest absolute Gasteiger partial charge is 0.491 e. The van der Waals surface area contributed by atoms with Gasteiger partial charge >= 0.3 is 6.18 Å².